The van der Waals surface area contributed by atoms with Crippen molar-refractivity contribution >= 4 is 46.4 Å². The molecule has 2 aromatic heterocycles. The number of nitrogens with one attached hydrogen (secondary N) is 2. The number of aliphatic hydroxyl groups is 1. The Balaban J connectivity index is 1.61. The summed E-state index contributed by atoms with van der Waals surface area (Å²) >= 11 is 1.16. The molecular formula is C25H28N6O5S. The molecular weight excluding hydrogens is 496 g/mol. The number of aromatic nitrogens is 3. The molecule has 1 amide bonds. The van der Waals surface area contributed by atoms with E-state index in [-0.39, 0.29) is 12.5 Å². The number of hydrogen-bond donors (Lipinski definition) is 3. The van der Waals surface area contributed by atoms with Gasteiger partial charge in [0.2, 0.25) is 11.9 Å². The van der Waals surface area contributed by atoms with E-state index in [1.807, 2.05) is 12.1 Å². The fourth-order valence-electron chi connectivity index (χ4n) is 3.98. The predicted octanol–water partition coefficient (Wildman–Crippen LogP) is 2.51. The van der Waals surface area contributed by atoms with Gasteiger partial charge in [0.25, 0.3) is 0 Å². The SMILES string of the molecule is CCOC(=O)c1sc(Nc2nc3c(c(NCc4ccc(C=O)cc4)n2)CCN(C(=O)CO)CC3)nc1C. The van der Waals surface area contributed by atoms with Gasteiger partial charge in [-0.05, 0) is 25.8 Å². The van der Waals surface area contributed by atoms with Crippen LogP contribution in [0.4, 0.5) is 16.9 Å². The largest absolute Gasteiger partial charge is 0.462 e. The number of thiazole rings is 1. The van der Waals surface area contributed by atoms with Gasteiger partial charge in [-0.2, -0.15) is 4.98 Å². The second-order valence-electron chi connectivity index (χ2n) is 8.35. The molecule has 0 bridgehead atoms. The average molecular weight is 525 g/mol. The summed E-state index contributed by atoms with van der Waals surface area (Å²) in [5.74, 6) is 0.173. The third-order valence-corrected chi connectivity index (χ3v) is 6.94. The van der Waals surface area contributed by atoms with Crippen LogP contribution in [0.25, 0.3) is 0 Å². The van der Waals surface area contributed by atoms with Crippen LogP contribution >= 0.6 is 11.3 Å². The van der Waals surface area contributed by atoms with Crippen LogP contribution in [0.2, 0.25) is 0 Å². The number of aliphatic hydroxyl groups excluding tert-OH is 1. The quantitative estimate of drug-likeness (QED) is 0.282. The third-order valence-electron chi connectivity index (χ3n) is 5.88. The van der Waals surface area contributed by atoms with E-state index < -0.39 is 12.6 Å². The molecule has 3 heterocycles. The Bertz CT molecular complexity index is 1290. The molecule has 12 heteroatoms. The smallest absolute Gasteiger partial charge is 0.350 e. The summed E-state index contributed by atoms with van der Waals surface area (Å²) in [6.07, 6.45) is 1.82. The minimum Gasteiger partial charge on any atom is -0.462 e. The van der Waals surface area contributed by atoms with Crippen molar-refractivity contribution < 1.29 is 24.2 Å². The molecule has 11 nitrogen and oxygen atoms in total. The number of hydrogen-bond acceptors (Lipinski definition) is 11. The molecule has 1 aliphatic rings. The maximum atomic E-state index is 12.2. The lowest BCUT2D eigenvalue weighted by Gasteiger charge is -2.18. The molecule has 0 saturated carbocycles. The van der Waals surface area contributed by atoms with Crippen LogP contribution in [-0.4, -0.2) is 69.4 Å². The van der Waals surface area contributed by atoms with Crippen molar-refractivity contribution in [1.82, 2.24) is 19.9 Å². The van der Waals surface area contributed by atoms with Gasteiger partial charge in [-0.15, -0.1) is 0 Å². The van der Waals surface area contributed by atoms with E-state index in [0.717, 1.165) is 34.4 Å². The van der Waals surface area contributed by atoms with Gasteiger partial charge >= 0.3 is 5.97 Å². The number of aryl methyl sites for hydroxylation is 1. The van der Waals surface area contributed by atoms with Gasteiger partial charge in [0.15, 0.2) is 5.13 Å². The van der Waals surface area contributed by atoms with E-state index >= 15 is 0 Å². The maximum Gasteiger partial charge on any atom is 0.350 e. The van der Waals surface area contributed by atoms with Crippen LogP contribution < -0.4 is 10.6 Å². The fourth-order valence-corrected chi connectivity index (χ4v) is 4.84. The van der Waals surface area contributed by atoms with Gasteiger partial charge in [-0.1, -0.05) is 35.6 Å². The highest BCUT2D eigenvalue weighted by Gasteiger charge is 2.23. The van der Waals surface area contributed by atoms with Crippen molar-refractivity contribution in [1.29, 1.82) is 0 Å². The number of esters is 1. The zero-order valence-corrected chi connectivity index (χ0v) is 21.4. The Morgan fingerprint density at radius 3 is 2.62 bits per heavy atom. The van der Waals surface area contributed by atoms with Gasteiger partial charge in [-0.25, -0.2) is 14.8 Å². The molecule has 0 radical (unpaired) electrons. The van der Waals surface area contributed by atoms with E-state index in [1.54, 1.807) is 30.9 Å². The lowest BCUT2D eigenvalue weighted by atomic mass is 10.1. The molecule has 3 N–H and O–H groups in total. The lowest BCUT2D eigenvalue weighted by Crippen LogP contribution is -2.35. The number of fused-ring (bicyclic) bond motifs is 1. The number of benzene rings is 1. The number of carbonyl (C=O) groups is 3. The highest BCUT2D eigenvalue weighted by molar-refractivity contribution is 7.17. The van der Waals surface area contributed by atoms with Crippen LogP contribution in [0.15, 0.2) is 24.3 Å². The summed E-state index contributed by atoms with van der Waals surface area (Å²) in [6, 6.07) is 7.24. The number of rotatable bonds is 9. The lowest BCUT2D eigenvalue weighted by molar-refractivity contribution is -0.134. The summed E-state index contributed by atoms with van der Waals surface area (Å²) in [5, 5.41) is 16.2. The minimum absolute atomic E-state index is 0.273. The predicted molar refractivity (Wildman–Crippen MR) is 138 cm³/mol. The van der Waals surface area contributed by atoms with Crippen LogP contribution in [-0.2, 0) is 28.9 Å². The molecule has 0 atom stereocenters. The number of carbonyl (C=O) groups excluding carboxylic acids is 3. The topological polar surface area (TPSA) is 147 Å². The second-order valence-corrected chi connectivity index (χ2v) is 9.35. The van der Waals surface area contributed by atoms with Gasteiger partial charge in [0.05, 0.1) is 18.0 Å². The zero-order chi connectivity index (χ0) is 26.4. The second kappa shape index (κ2) is 11.9. The summed E-state index contributed by atoms with van der Waals surface area (Å²) in [5.41, 5.74) is 3.79. The average Bonchev–Trinajstić information content (AvgIpc) is 3.13. The molecule has 0 aliphatic carbocycles. The highest BCUT2D eigenvalue weighted by Crippen LogP contribution is 2.28. The zero-order valence-electron chi connectivity index (χ0n) is 20.6. The van der Waals surface area contributed by atoms with Crippen LogP contribution in [0.5, 0.6) is 0 Å². The van der Waals surface area contributed by atoms with Gasteiger partial charge in [0.1, 0.15) is 23.6 Å². The summed E-state index contributed by atoms with van der Waals surface area (Å²) < 4.78 is 5.10. The molecule has 1 aliphatic heterocycles. The summed E-state index contributed by atoms with van der Waals surface area (Å²) in [7, 11) is 0. The van der Waals surface area contributed by atoms with Crippen molar-refractivity contribution in [2.45, 2.75) is 33.2 Å². The van der Waals surface area contributed by atoms with Crippen molar-refractivity contribution in [3.8, 4) is 0 Å². The third kappa shape index (κ3) is 6.27. The molecule has 4 rings (SSSR count). The van der Waals surface area contributed by atoms with E-state index in [4.69, 9.17) is 14.7 Å². The summed E-state index contributed by atoms with van der Waals surface area (Å²) in [6.45, 7) is 4.56. The normalized spacial score (nSPS) is 12.9. The molecule has 0 unspecified atom stereocenters. The first kappa shape index (κ1) is 26.2. The first-order valence-electron chi connectivity index (χ1n) is 11.9. The Morgan fingerprint density at radius 2 is 1.92 bits per heavy atom. The molecule has 37 heavy (non-hydrogen) atoms. The maximum absolute atomic E-state index is 12.2. The van der Waals surface area contributed by atoms with Gasteiger partial charge in [-0.3, -0.25) is 14.9 Å². The molecule has 3 aromatic rings. The van der Waals surface area contributed by atoms with E-state index in [0.29, 0.717) is 65.5 Å². The van der Waals surface area contributed by atoms with E-state index in [9.17, 15) is 19.5 Å². The Hall–Kier alpha value is -3.90. The van der Waals surface area contributed by atoms with Gasteiger partial charge < -0.3 is 20.1 Å². The van der Waals surface area contributed by atoms with E-state index in [2.05, 4.69) is 15.6 Å². The number of ether oxygens (including phenoxy) is 1. The fraction of sp³-hybridized carbons (Fsp3) is 0.360. The molecule has 0 spiro atoms. The first-order valence-corrected chi connectivity index (χ1v) is 12.7. The summed E-state index contributed by atoms with van der Waals surface area (Å²) in [4.78, 5) is 51.1. The van der Waals surface area contributed by atoms with Gasteiger partial charge in [0, 0.05) is 37.2 Å². The molecule has 1 aromatic carbocycles. The van der Waals surface area contributed by atoms with Crippen molar-refractivity contribution in [3.05, 3.63) is 57.2 Å². The standard InChI is InChI=1S/C25H28N6O5S/c1-3-36-23(35)21-15(2)27-25(37-21)30-24-28-19-9-11-31(20(34)14-33)10-8-18(19)22(29-24)26-12-16-4-6-17(13-32)7-5-16/h4-7,13,33H,3,8-12,14H2,1-2H3,(H2,26,27,28,29,30). The van der Waals surface area contributed by atoms with Crippen LogP contribution in [0, 0.1) is 6.92 Å². The molecule has 194 valence electrons. The van der Waals surface area contributed by atoms with E-state index in [1.165, 1.54) is 0 Å². The number of aldehydes is 1. The van der Waals surface area contributed by atoms with Crippen molar-refractivity contribution in [3.63, 3.8) is 0 Å². The monoisotopic (exact) mass is 524 g/mol. The Kier molecular flexibility index (Phi) is 8.41. The minimum atomic E-state index is -0.539. The molecule has 0 fully saturated rings. The Labute approximate surface area is 217 Å². The van der Waals surface area contributed by atoms with Crippen molar-refractivity contribution in [2.75, 3.05) is 36.9 Å². The van der Waals surface area contributed by atoms with Crippen LogP contribution in [0.3, 0.4) is 0 Å². The Morgan fingerprint density at radius 1 is 1.16 bits per heavy atom. The number of amides is 1. The van der Waals surface area contributed by atoms with Crippen molar-refractivity contribution in [2.24, 2.45) is 0 Å². The first-order chi connectivity index (χ1) is 17.9. The molecule has 0 saturated heterocycles. The number of nitrogens with zero attached hydrogens (tertiary/aromatic N) is 4. The highest BCUT2D eigenvalue weighted by atomic mass is 32.1. The van der Waals surface area contributed by atoms with Crippen LogP contribution in [0.1, 0.15) is 49.5 Å². The number of anilines is 3.